The van der Waals surface area contributed by atoms with E-state index < -0.39 is 0 Å². The minimum atomic E-state index is -0.0342. The fourth-order valence-corrected chi connectivity index (χ4v) is 2.49. The second-order valence-electron chi connectivity index (χ2n) is 4.17. The summed E-state index contributed by atoms with van der Waals surface area (Å²) in [7, 11) is 0. The maximum Gasteiger partial charge on any atom is 0.268 e. The van der Waals surface area contributed by atoms with Crippen molar-refractivity contribution in [3.8, 4) is 0 Å². The number of halogens is 1. The van der Waals surface area contributed by atoms with Gasteiger partial charge in [-0.15, -0.1) is 0 Å². The molecule has 5 heteroatoms. The molecule has 1 unspecified atom stereocenters. The summed E-state index contributed by atoms with van der Waals surface area (Å²) in [6.45, 7) is 4.22. The zero-order valence-electron chi connectivity index (χ0n) is 9.91. The Labute approximate surface area is 109 Å². The molecule has 1 saturated heterocycles. The van der Waals surface area contributed by atoms with Crippen LogP contribution in [0.1, 0.15) is 30.3 Å². The Morgan fingerprint density at radius 1 is 1.71 bits per heavy atom. The van der Waals surface area contributed by atoms with Crippen molar-refractivity contribution in [2.45, 2.75) is 32.4 Å². The van der Waals surface area contributed by atoms with Gasteiger partial charge in [-0.25, -0.2) is 0 Å². The number of amides is 1. The fourth-order valence-electron chi connectivity index (χ4n) is 2.03. The first-order valence-corrected chi connectivity index (χ1v) is 6.75. The van der Waals surface area contributed by atoms with Crippen molar-refractivity contribution >= 4 is 21.8 Å². The minimum Gasteiger partial charge on any atom is -0.376 e. The largest absolute Gasteiger partial charge is 0.376 e. The van der Waals surface area contributed by atoms with Crippen LogP contribution in [-0.2, 0) is 11.3 Å². The summed E-state index contributed by atoms with van der Waals surface area (Å²) in [4.78, 5) is 12.0. The maximum atomic E-state index is 12.0. The molecule has 0 radical (unpaired) electrons. The molecule has 17 heavy (non-hydrogen) atoms. The Kier molecular flexibility index (Phi) is 4.23. The summed E-state index contributed by atoms with van der Waals surface area (Å²) in [5.74, 6) is -0.0342. The van der Waals surface area contributed by atoms with Gasteiger partial charge in [0.2, 0.25) is 0 Å². The van der Waals surface area contributed by atoms with Gasteiger partial charge >= 0.3 is 0 Å². The number of hydrogen-bond donors (Lipinski definition) is 1. The Hall–Kier alpha value is -0.810. The number of rotatable bonds is 4. The van der Waals surface area contributed by atoms with E-state index in [1.807, 2.05) is 23.8 Å². The average Bonchev–Trinajstić information content (AvgIpc) is 2.94. The van der Waals surface area contributed by atoms with Crippen molar-refractivity contribution in [1.29, 1.82) is 0 Å². The number of hydrogen-bond acceptors (Lipinski definition) is 2. The molecule has 1 atom stereocenters. The lowest BCUT2D eigenvalue weighted by Gasteiger charge is -2.11. The summed E-state index contributed by atoms with van der Waals surface area (Å²) < 4.78 is 8.33. The number of ether oxygens (including phenoxy) is 1. The monoisotopic (exact) mass is 300 g/mol. The topological polar surface area (TPSA) is 43.3 Å². The van der Waals surface area contributed by atoms with Gasteiger partial charge in [-0.3, -0.25) is 4.79 Å². The molecule has 0 spiro atoms. The first-order valence-electron chi connectivity index (χ1n) is 5.96. The van der Waals surface area contributed by atoms with Crippen molar-refractivity contribution in [3.63, 3.8) is 0 Å². The maximum absolute atomic E-state index is 12.0. The number of nitrogens with zero attached hydrogens (tertiary/aromatic N) is 1. The quantitative estimate of drug-likeness (QED) is 0.926. The van der Waals surface area contributed by atoms with Crippen LogP contribution in [0.4, 0.5) is 0 Å². The third-order valence-corrected chi connectivity index (χ3v) is 3.38. The summed E-state index contributed by atoms with van der Waals surface area (Å²) in [6.07, 6.45) is 4.24. The van der Waals surface area contributed by atoms with Crippen LogP contribution in [0, 0.1) is 0 Å². The molecular formula is C12H17BrN2O2. The van der Waals surface area contributed by atoms with E-state index in [9.17, 15) is 4.79 Å². The molecule has 1 aromatic rings. The molecule has 1 amide bonds. The SMILES string of the molecule is CCn1cc(Br)cc1C(=O)NCC1CCCO1. The van der Waals surface area contributed by atoms with Gasteiger partial charge in [0.15, 0.2) is 0 Å². The normalized spacial score (nSPS) is 19.5. The van der Waals surface area contributed by atoms with Crippen LogP contribution in [0.25, 0.3) is 0 Å². The first kappa shape index (κ1) is 12.6. The van der Waals surface area contributed by atoms with Crippen LogP contribution in [0.2, 0.25) is 0 Å². The molecule has 1 fully saturated rings. The van der Waals surface area contributed by atoms with E-state index in [2.05, 4.69) is 21.2 Å². The first-order chi connectivity index (χ1) is 8.20. The van der Waals surface area contributed by atoms with Crippen molar-refractivity contribution in [3.05, 3.63) is 22.4 Å². The molecule has 1 N–H and O–H groups in total. The molecule has 94 valence electrons. The van der Waals surface area contributed by atoms with Gasteiger partial charge in [-0.05, 0) is 41.8 Å². The lowest BCUT2D eigenvalue weighted by molar-refractivity contribution is 0.0850. The zero-order chi connectivity index (χ0) is 12.3. The van der Waals surface area contributed by atoms with Crippen molar-refractivity contribution in [1.82, 2.24) is 9.88 Å². The number of aromatic nitrogens is 1. The third kappa shape index (κ3) is 3.10. The molecule has 1 aliphatic rings. The highest BCUT2D eigenvalue weighted by Gasteiger charge is 2.18. The van der Waals surface area contributed by atoms with Gasteiger partial charge in [0.05, 0.1) is 6.10 Å². The Balaban J connectivity index is 1.93. The predicted octanol–water partition coefficient (Wildman–Crippen LogP) is 2.18. The lowest BCUT2D eigenvalue weighted by atomic mass is 10.2. The van der Waals surface area contributed by atoms with E-state index in [0.29, 0.717) is 12.2 Å². The lowest BCUT2D eigenvalue weighted by Crippen LogP contribution is -2.32. The molecule has 0 saturated carbocycles. The van der Waals surface area contributed by atoms with Gasteiger partial charge in [0, 0.05) is 30.4 Å². The van der Waals surface area contributed by atoms with Gasteiger partial charge in [0.25, 0.3) is 5.91 Å². The Morgan fingerprint density at radius 3 is 3.18 bits per heavy atom. The summed E-state index contributed by atoms with van der Waals surface area (Å²) in [6, 6.07) is 1.84. The number of carbonyl (C=O) groups is 1. The summed E-state index contributed by atoms with van der Waals surface area (Å²) >= 11 is 3.38. The highest BCUT2D eigenvalue weighted by molar-refractivity contribution is 9.10. The van der Waals surface area contributed by atoms with E-state index in [0.717, 1.165) is 30.5 Å². The van der Waals surface area contributed by atoms with Gasteiger partial charge in [-0.1, -0.05) is 0 Å². The van der Waals surface area contributed by atoms with Crippen LogP contribution in [0.3, 0.4) is 0 Å². The highest BCUT2D eigenvalue weighted by Crippen LogP contribution is 2.15. The van der Waals surface area contributed by atoms with Crippen molar-refractivity contribution in [2.75, 3.05) is 13.2 Å². The van der Waals surface area contributed by atoms with Gasteiger partial charge < -0.3 is 14.6 Å². The Morgan fingerprint density at radius 2 is 2.53 bits per heavy atom. The van der Waals surface area contributed by atoms with Gasteiger partial charge in [0.1, 0.15) is 5.69 Å². The molecule has 1 aromatic heterocycles. The second-order valence-corrected chi connectivity index (χ2v) is 5.09. The van der Waals surface area contributed by atoms with Crippen molar-refractivity contribution in [2.24, 2.45) is 0 Å². The van der Waals surface area contributed by atoms with Crippen LogP contribution < -0.4 is 5.32 Å². The number of carbonyl (C=O) groups excluding carboxylic acids is 1. The second kappa shape index (κ2) is 5.69. The van der Waals surface area contributed by atoms with Crippen LogP contribution in [0.5, 0.6) is 0 Å². The molecule has 0 aliphatic carbocycles. The fraction of sp³-hybridized carbons (Fsp3) is 0.583. The van der Waals surface area contributed by atoms with E-state index in [4.69, 9.17) is 4.74 Å². The summed E-state index contributed by atoms with van der Waals surface area (Å²) in [5, 5.41) is 2.92. The predicted molar refractivity (Wildman–Crippen MR) is 69.1 cm³/mol. The van der Waals surface area contributed by atoms with Crippen molar-refractivity contribution < 1.29 is 9.53 Å². The van der Waals surface area contributed by atoms with E-state index in [1.165, 1.54) is 0 Å². The molecule has 2 rings (SSSR count). The van der Waals surface area contributed by atoms with E-state index in [1.54, 1.807) is 0 Å². The van der Waals surface area contributed by atoms with Gasteiger partial charge in [-0.2, -0.15) is 0 Å². The Bertz CT molecular complexity index is 397. The minimum absolute atomic E-state index is 0.0342. The third-order valence-electron chi connectivity index (χ3n) is 2.95. The van der Waals surface area contributed by atoms with Crippen LogP contribution in [0.15, 0.2) is 16.7 Å². The number of aryl methyl sites for hydroxylation is 1. The average molecular weight is 301 g/mol. The number of nitrogens with one attached hydrogen (secondary N) is 1. The molecule has 0 aromatic carbocycles. The standard InChI is InChI=1S/C12H17BrN2O2/c1-2-15-8-9(13)6-11(15)12(16)14-7-10-4-3-5-17-10/h6,8,10H,2-5,7H2,1H3,(H,14,16). The zero-order valence-corrected chi connectivity index (χ0v) is 11.5. The van der Waals surface area contributed by atoms with Crippen LogP contribution in [-0.4, -0.2) is 29.7 Å². The smallest absolute Gasteiger partial charge is 0.268 e. The van der Waals surface area contributed by atoms with Crippen LogP contribution >= 0.6 is 15.9 Å². The molecular weight excluding hydrogens is 284 g/mol. The molecule has 2 heterocycles. The molecule has 1 aliphatic heterocycles. The van der Waals surface area contributed by atoms with E-state index >= 15 is 0 Å². The van der Waals surface area contributed by atoms with E-state index in [-0.39, 0.29) is 12.0 Å². The molecule has 4 nitrogen and oxygen atoms in total. The summed E-state index contributed by atoms with van der Waals surface area (Å²) in [5.41, 5.74) is 0.692. The highest BCUT2D eigenvalue weighted by atomic mass is 79.9. The molecule has 0 bridgehead atoms.